The molecule has 1 aromatic rings. The van der Waals surface area contributed by atoms with Crippen molar-refractivity contribution < 1.29 is 9.72 Å². The fourth-order valence-corrected chi connectivity index (χ4v) is 1.75. The summed E-state index contributed by atoms with van der Waals surface area (Å²) in [6.07, 6.45) is 1.27. The van der Waals surface area contributed by atoms with E-state index in [1.165, 1.54) is 12.1 Å². The normalized spacial score (nSPS) is 11.5. The van der Waals surface area contributed by atoms with Gasteiger partial charge in [-0.05, 0) is 24.2 Å². The molecule has 0 aromatic heterocycles. The molecule has 6 nitrogen and oxygen atoms in total. The first-order valence-corrected chi connectivity index (χ1v) is 6.69. The van der Waals surface area contributed by atoms with E-state index in [0.29, 0.717) is 6.42 Å². The molecule has 1 amide bonds. The van der Waals surface area contributed by atoms with Crippen LogP contribution < -0.4 is 10.6 Å². The molecule has 0 radical (unpaired) electrons. The lowest BCUT2D eigenvalue weighted by atomic mass is 10.1. The standard InChI is InChI=1S/C13H17N3O3S/c1-3-9(2)8-12(17)15-13(20)14-10-6-4-5-7-11(10)16(18)19/h4-7,9H,3,8H2,1-2H3,(H2,14,15,17,20). The zero-order valence-corrected chi connectivity index (χ0v) is 12.2. The summed E-state index contributed by atoms with van der Waals surface area (Å²) >= 11 is 4.98. The van der Waals surface area contributed by atoms with Crippen LogP contribution in [0.4, 0.5) is 11.4 Å². The van der Waals surface area contributed by atoms with E-state index in [2.05, 4.69) is 10.6 Å². The number of nitro groups is 1. The molecular formula is C13H17N3O3S. The van der Waals surface area contributed by atoms with Gasteiger partial charge in [-0.25, -0.2) is 0 Å². The SMILES string of the molecule is CCC(C)CC(=O)NC(=S)Nc1ccccc1[N+](=O)[O-]. The van der Waals surface area contributed by atoms with Gasteiger partial charge in [-0.3, -0.25) is 14.9 Å². The highest BCUT2D eigenvalue weighted by atomic mass is 32.1. The van der Waals surface area contributed by atoms with E-state index in [0.717, 1.165) is 6.42 Å². The van der Waals surface area contributed by atoms with Crippen molar-refractivity contribution in [2.75, 3.05) is 5.32 Å². The average molecular weight is 295 g/mol. The van der Waals surface area contributed by atoms with E-state index in [1.54, 1.807) is 12.1 Å². The minimum Gasteiger partial charge on any atom is -0.327 e. The van der Waals surface area contributed by atoms with Crippen molar-refractivity contribution >= 4 is 34.6 Å². The number of nitro benzene ring substituents is 1. The van der Waals surface area contributed by atoms with E-state index in [1.807, 2.05) is 13.8 Å². The molecule has 2 N–H and O–H groups in total. The number of nitrogens with zero attached hydrogens (tertiary/aromatic N) is 1. The van der Waals surface area contributed by atoms with Crippen LogP contribution in [0.25, 0.3) is 0 Å². The van der Waals surface area contributed by atoms with Crippen molar-refractivity contribution in [3.8, 4) is 0 Å². The Morgan fingerprint density at radius 1 is 1.45 bits per heavy atom. The molecule has 1 atom stereocenters. The first-order chi connectivity index (χ1) is 9.43. The van der Waals surface area contributed by atoms with Crippen LogP contribution in [-0.2, 0) is 4.79 Å². The van der Waals surface area contributed by atoms with Crippen LogP contribution >= 0.6 is 12.2 Å². The zero-order valence-electron chi connectivity index (χ0n) is 11.4. The van der Waals surface area contributed by atoms with E-state index in [-0.39, 0.29) is 28.3 Å². The molecule has 0 saturated carbocycles. The lowest BCUT2D eigenvalue weighted by molar-refractivity contribution is -0.383. The predicted molar refractivity (Wildman–Crippen MR) is 81.5 cm³/mol. The Morgan fingerprint density at radius 3 is 2.70 bits per heavy atom. The molecule has 0 aliphatic heterocycles. The molecule has 108 valence electrons. The van der Waals surface area contributed by atoms with Gasteiger partial charge in [0.05, 0.1) is 4.92 Å². The topological polar surface area (TPSA) is 84.3 Å². The van der Waals surface area contributed by atoms with Gasteiger partial charge in [-0.15, -0.1) is 0 Å². The number of rotatable bonds is 5. The third-order valence-electron chi connectivity index (χ3n) is 2.83. The van der Waals surface area contributed by atoms with Gasteiger partial charge in [0.1, 0.15) is 5.69 Å². The van der Waals surface area contributed by atoms with Gasteiger partial charge in [0, 0.05) is 12.5 Å². The van der Waals surface area contributed by atoms with Gasteiger partial charge in [-0.1, -0.05) is 32.4 Å². The number of thiocarbonyl (C=S) groups is 1. The molecule has 0 aliphatic carbocycles. The first-order valence-electron chi connectivity index (χ1n) is 6.28. The molecule has 0 aliphatic rings. The summed E-state index contributed by atoms with van der Waals surface area (Å²) in [5, 5.41) is 16.1. The Balaban J connectivity index is 2.63. The highest BCUT2D eigenvalue weighted by Gasteiger charge is 2.14. The number of amides is 1. The van der Waals surface area contributed by atoms with Crippen LogP contribution in [0.3, 0.4) is 0 Å². The Labute approximate surface area is 122 Å². The minimum absolute atomic E-state index is 0.0626. The quantitative estimate of drug-likeness (QED) is 0.496. The number of para-hydroxylation sites is 2. The smallest absolute Gasteiger partial charge is 0.292 e. The Hall–Kier alpha value is -2.02. The number of nitrogens with one attached hydrogen (secondary N) is 2. The van der Waals surface area contributed by atoms with Gasteiger partial charge in [0.2, 0.25) is 5.91 Å². The summed E-state index contributed by atoms with van der Waals surface area (Å²) in [6.45, 7) is 3.97. The molecule has 1 aromatic carbocycles. The highest BCUT2D eigenvalue weighted by molar-refractivity contribution is 7.80. The molecule has 0 fully saturated rings. The van der Waals surface area contributed by atoms with Gasteiger partial charge in [0.15, 0.2) is 5.11 Å². The lowest BCUT2D eigenvalue weighted by Crippen LogP contribution is -2.35. The molecule has 0 heterocycles. The van der Waals surface area contributed by atoms with Crippen molar-refractivity contribution in [3.63, 3.8) is 0 Å². The van der Waals surface area contributed by atoms with Crippen molar-refractivity contribution in [2.24, 2.45) is 5.92 Å². The van der Waals surface area contributed by atoms with Crippen molar-refractivity contribution in [1.29, 1.82) is 0 Å². The number of benzene rings is 1. The summed E-state index contributed by atoms with van der Waals surface area (Å²) in [5.74, 6) is 0.0688. The maximum Gasteiger partial charge on any atom is 0.292 e. The first kappa shape index (κ1) is 16.0. The number of carbonyl (C=O) groups excluding carboxylic acids is 1. The Morgan fingerprint density at radius 2 is 2.10 bits per heavy atom. The third-order valence-corrected chi connectivity index (χ3v) is 3.04. The van der Waals surface area contributed by atoms with Gasteiger partial charge >= 0.3 is 0 Å². The summed E-state index contributed by atoms with van der Waals surface area (Å²) in [5.41, 5.74) is 0.164. The van der Waals surface area contributed by atoms with Gasteiger partial charge in [0.25, 0.3) is 5.69 Å². The number of carbonyl (C=O) groups is 1. The van der Waals surface area contributed by atoms with E-state index >= 15 is 0 Å². The largest absolute Gasteiger partial charge is 0.327 e. The lowest BCUT2D eigenvalue weighted by Gasteiger charge is -2.11. The fourth-order valence-electron chi connectivity index (χ4n) is 1.53. The van der Waals surface area contributed by atoms with Gasteiger partial charge in [-0.2, -0.15) is 0 Å². The molecule has 0 saturated heterocycles. The number of hydrogen-bond acceptors (Lipinski definition) is 4. The van der Waals surface area contributed by atoms with Crippen LogP contribution in [0, 0.1) is 16.0 Å². The third kappa shape index (κ3) is 4.93. The second kappa shape index (κ2) is 7.54. The molecule has 0 bridgehead atoms. The second-order valence-corrected chi connectivity index (χ2v) is 4.90. The summed E-state index contributed by atoms with van der Waals surface area (Å²) in [7, 11) is 0. The van der Waals surface area contributed by atoms with Crippen LogP contribution in [-0.4, -0.2) is 15.9 Å². The number of anilines is 1. The minimum atomic E-state index is -0.508. The Kier molecular flexibility index (Phi) is 6.05. The summed E-state index contributed by atoms with van der Waals surface area (Å²) in [6, 6.07) is 6.12. The summed E-state index contributed by atoms with van der Waals surface area (Å²) in [4.78, 5) is 22.0. The summed E-state index contributed by atoms with van der Waals surface area (Å²) < 4.78 is 0. The average Bonchev–Trinajstić information content (AvgIpc) is 2.38. The van der Waals surface area contributed by atoms with Crippen LogP contribution in [0.1, 0.15) is 26.7 Å². The van der Waals surface area contributed by atoms with Crippen molar-refractivity contribution in [1.82, 2.24) is 5.32 Å². The van der Waals surface area contributed by atoms with Crippen LogP contribution in [0.5, 0.6) is 0 Å². The number of hydrogen-bond donors (Lipinski definition) is 2. The van der Waals surface area contributed by atoms with Gasteiger partial charge < -0.3 is 10.6 Å². The fraction of sp³-hybridized carbons (Fsp3) is 0.385. The van der Waals surface area contributed by atoms with Crippen LogP contribution in [0.15, 0.2) is 24.3 Å². The molecule has 1 rings (SSSR count). The van der Waals surface area contributed by atoms with E-state index in [9.17, 15) is 14.9 Å². The predicted octanol–water partition coefficient (Wildman–Crippen LogP) is 2.84. The maximum atomic E-state index is 11.7. The van der Waals surface area contributed by atoms with Crippen molar-refractivity contribution in [2.45, 2.75) is 26.7 Å². The Bertz CT molecular complexity index is 519. The molecule has 20 heavy (non-hydrogen) atoms. The zero-order chi connectivity index (χ0) is 15.1. The highest BCUT2D eigenvalue weighted by Crippen LogP contribution is 2.22. The molecule has 0 spiro atoms. The van der Waals surface area contributed by atoms with E-state index < -0.39 is 4.92 Å². The molecule has 7 heteroatoms. The second-order valence-electron chi connectivity index (χ2n) is 4.49. The van der Waals surface area contributed by atoms with Crippen LogP contribution in [0.2, 0.25) is 0 Å². The monoisotopic (exact) mass is 295 g/mol. The van der Waals surface area contributed by atoms with Crippen molar-refractivity contribution in [3.05, 3.63) is 34.4 Å². The molecular weight excluding hydrogens is 278 g/mol. The molecule has 1 unspecified atom stereocenters. The maximum absolute atomic E-state index is 11.7. The van der Waals surface area contributed by atoms with E-state index in [4.69, 9.17) is 12.2 Å².